The second kappa shape index (κ2) is 7.70. The van der Waals surface area contributed by atoms with Crippen molar-refractivity contribution in [2.75, 3.05) is 6.61 Å². The Kier molecular flexibility index (Phi) is 5.38. The number of nitrogens with zero attached hydrogens (tertiary/aromatic N) is 1. The Hall–Kier alpha value is -2.34. The van der Waals surface area contributed by atoms with Gasteiger partial charge in [0.15, 0.2) is 0 Å². The van der Waals surface area contributed by atoms with Crippen LogP contribution in [0.3, 0.4) is 0 Å². The Morgan fingerprint density at radius 2 is 2.20 bits per heavy atom. The van der Waals surface area contributed by atoms with E-state index in [0.29, 0.717) is 17.9 Å². The molecule has 2 aromatic rings. The van der Waals surface area contributed by atoms with Gasteiger partial charge in [-0.3, -0.25) is 4.79 Å². The second-order valence-corrected chi connectivity index (χ2v) is 6.40. The van der Waals surface area contributed by atoms with Crippen molar-refractivity contribution >= 4 is 5.91 Å². The van der Waals surface area contributed by atoms with Crippen LogP contribution in [-0.2, 0) is 11.3 Å². The normalized spacial score (nSPS) is 18.1. The molecule has 134 valence electrons. The number of hydrogen-bond acceptors (Lipinski definition) is 5. The van der Waals surface area contributed by atoms with Gasteiger partial charge in [-0.15, -0.1) is 0 Å². The summed E-state index contributed by atoms with van der Waals surface area (Å²) in [7, 11) is 0. The van der Waals surface area contributed by atoms with Crippen molar-refractivity contribution in [3.63, 3.8) is 0 Å². The predicted octanol–water partition coefficient (Wildman–Crippen LogP) is 3.17. The first-order valence-corrected chi connectivity index (χ1v) is 8.62. The van der Waals surface area contributed by atoms with Crippen LogP contribution < -0.4 is 10.1 Å². The number of amides is 1. The minimum Gasteiger partial charge on any atom is -0.488 e. The lowest BCUT2D eigenvalue weighted by Crippen LogP contribution is -2.40. The molecule has 1 amide bonds. The van der Waals surface area contributed by atoms with Crippen LogP contribution in [0.1, 0.15) is 47.1 Å². The molecule has 2 atom stereocenters. The second-order valence-electron chi connectivity index (χ2n) is 6.40. The Bertz CT molecular complexity index is 715. The summed E-state index contributed by atoms with van der Waals surface area (Å²) in [4.78, 5) is 12.7. The fraction of sp³-hybridized carbons (Fsp3) is 0.474. The van der Waals surface area contributed by atoms with Gasteiger partial charge in [0, 0.05) is 6.61 Å². The lowest BCUT2D eigenvalue weighted by Gasteiger charge is -2.20. The van der Waals surface area contributed by atoms with Crippen molar-refractivity contribution in [2.45, 2.75) is 52.4 Å². The Morgan fingerprint density at radius 3 is 2.88 bits per heavy atom. The van der Waals surface area contributed by atoms with Crippen LogP contribution in [0.15, 0.2) is 28.8 Å². The zero-order valence-electron chi connectivity index (χ0n) is 14.9. The number of hydrogen-bond donors (Lipinski definition) is 1. The Morgan fingerprint density at radius 1 is 1.40 bits per heavy atom. The zero-order valence-corrected chi connectivity index (χ0v) is 14.9. The SMILES string of the molecule is Cc1noc(C)c1COc1ccccc1C(=O)NC(C)C1CCCO1. The number of nitrogens with one attached hydrogen (secondary N) is 1. The standard InChI is InChI=1S/C19H24N2O4/c1-12-16(14(3)25-21-12)11-24-18-8-5-4-7-15(18)19(22)20-13(2)17-9-6-10-23-17/h4-5,7-8,13,17H,6,9-11H2,1-3H3,(H,20,22). The van der Waals surface area contributed by atoms with Crippen molar-refractivity contribution < 1.29 is 18.8 Å². The van der Waals surface area contributed by atoms with Gasteiger partial charge in [0.25, 0.3) is 5.91 Å². The number of rotatable bonds is 6. The van der Waals surface area contributed by atoms with Crippen LogP contribution in [0, 0.1) is 13.8 Å². The first-order chi connectivity index (χ1) is 12.1. The molecule has 0 spiro atoms. The molecule has 6 heteroatoms. The molecule has 6 nitrogen and oxygen atoms in total. The summed E-state index contributed by atoms with van der Waals surface area (Å²) in [5.41, 5.74) is 2.22. The number of carbonyl (C=O) groups excluding carboxylic acids is 1. The molecular weight excluding hydrogens is 320 g/mol. The van der Waals surface area contributed by atoms with Gasteiger partial charge in [0.05, 0.1) is 29.0 Å². The van der Waals surface area contributed by atoms with Crippen molar-refractivity contribution in [1.82, 2.24) is 10.5 Å². The molecule has 1 aromatic carbocycles. The van der Waals surface area contributed by atoms with Gasteiger partial charge < -0.3 is 19.3 Å². The monoisotopic (exact) mass is 344 g/mol. The third-order valence-corrected chi connectivity index (χ3v) is 4.57. The minimum absolute atomic E-state index is 0.0365. The van der Waals surface area contributed by atoms with Crippen LogP contribution >= 0.6 is 0 Å². The first kappa shape index (κ1) is 17.5. The molecule has 1 aromatic heterocycles. The Labute approximate surface area is 147 Å². The number of carbonyl (C=O) groups is 1. The van der Waals surface area contributed by atoms with Crippen LogP contribution in [0.5, 0.6) is 5.75 Å². The fourth-order valence-electron chi connectivity index (χ4n) is 3.01. The van der Waals surface area contributed by atoms with E-state index in [9.17, 15) is 4.79 Å². The summed E-state index contributed by atoms with van der Waals surface area (Å²) in [6, 6.07) is 7.20. The van der Waals surface area contributed by atoms with Gasteiger partial charge in [-0.05, 0) is 45.7 Å². The van der Waals surface area contributed by atoms with Crippen LogP contribution in [0.25, 0.3) is 0 Å². The molecular formula is C19H24N2O4. The summed E-state index contributed by atoms with van der Waals surface area (Å²) in [6.07, 6.45) is 2.10. The van der Waals surface area contributed by atoms with Crippen LogP contribution in [0.4, 0.5) is 0 Å². The third kappa shape index (κ3) is 4.02. The van der Waals surface area contributed by atoms with Crippen LogP contribution in [-0.4, -0.2) is 29.8 Å². The highest BCUT2D eigenvalue weighted by molar-refractivity contribution is 5.97. The van der Waals surface area contributed by atoms with Gasteiger partial charge in [0.2, 0.25) is 0 Å². The number of ether oxygens (including phenoxy) is 2. The zero-order chi connectivity index (χ0) is 17.8. The number of benzene rings is 1. The average Bonchev–Trinajstić information content (AvgIpc) is 3.24. The van der Waals surface area contributed by atoms with Crippen molar-refractivity contribution in [3.05, 3.63) is 46.8 Å². The van der Waals surface area contributed by atoms with Gasteiger partial charge in [-0.1, -0.05) is 17.3 Å². The fourth-order valence-corrected chi connectivity index (χ4v) is 3.01. The van der Waals surface area contributed by atoms with E-state index in [2.05, 4.69) is 10.5 Å². The molecule has 1 aliphatic heterocycles. The molecule has 0 bridgehead atoms. The largest absolute Gasteiger partial charge is 0.488 e. The van der Waals surface area contributed by atoms with E-state index in [0.717, 1.165) is 36.5 Å². The Balaban J connectivity index is 1.68. The summed E-state index contributed by atoms with van der Waals surface area (Å²) >= 11 is 0. The molecule has 1 fully saturated rings. The lowest BCUT2D eigenvalue weighted by molar-refractivity contribution is 0.0710. The van der Waals surface area contributed by atoms with Crippen molar-refractivity contribution in [3.8, 4) is 5.75 Å². The smallest absolute Gasteiger partial charge is 0.255 e. The van der Waals surface area contributed by atoms with E-state index < -0.39 is 0 Å². The highest BCUT2D eigenvalue weighted by atomic mass is 16.5. The molecule has 1 aliphatic rings. The molecule has 2 unspecified atom stereocenters. The summed E-state index contributed by atoms with van der Waals surface area (Å²) < 4.78 is 16.7. The molecule has 1 N–H and O–H groups in total. The van der Waals surface area contributed by atoms with Gasteiger partial charge in [0.1, 0.15) is 18.1 Å². The maximum absolute atomic E-state index is 12.7. The van der Waals surface area contributed by atoms with E-state index in [-0.39, 0.29) is 18.1 Å². The maximum Gasteiger partial charge on any atom is 0.255 e. The van der Waals surface area contributed by atoms with E-state index in [4.69, 9.17) is 14.0 Å². The topological polar surface area (TPSA) is 73.6 Å². The highest BCUT2D eigenvalue weighted by Crippen LogP contribution is 2.22. The van der Waals surface area contributed by atoms with Gasteiger partial charge >= 0.3 is 0 Å². The van der Waals surface area contributed by atoms with Gasteiger partial charge in [-0.25, -0.2) is 0 Å². The molecule has 2 heterocycles. The third-order valence-electron chi connectivity index (χ3n) is 4.57. The summed E-state index contributed by atoms with van der Waals surface area (Å²) in [5, 5.41) is 6.94. The van der Waals surface area contributed by atoms with E-state index >= 15 is 0 Å². The minimum atomic E-state index is -0.155. The van der Waals surface area contributed by atoms with Crippen LogP contribution in [0.2, 0.25) is 0 Å². The van der Waals surface area contributed by atoms with E-state index in [1.54, 1.807) is 12.1 Å². The summed E-state index contributed by atoms with van der Waals surface area (Å²) in [5.74, 6) is 1.11. The highest BCUT2D eigenvalue weighted by Gasteiger charge is 2.25. The number of aryl methyl sites for hydroxylation is 2. The van der Waals surface area contributed by atoms with Crippen molar-refractivity contribution in [1.29, 1.82) is 0 Å². The number of aromatic nitrogens is 1. The molecule has 0 saturated carbocycles. The van der Waals surface area contributed by atoms with E-state index in [1.165, 1.54) is 0 Å². The summed E-state index contributed by atoms with van der Waals surface area (Å²) in [6.45, 7) is 6.77. The molecule has 1 saturated heterocycles. The quantitative estimate of drug-likeness (QED) is 0.871. The molecule has 0 aliphatic carbocycles. The molecule has 3 rings (SSSR count). The number of para-hydroxylation sites is 1. The molecule has 0 radical (unpaired) electrons. The lowest BCUT2D eigenvalue weighted by atomic mass is 10.1. The van der Waals surface area contributed by atoms with Crippen molar-refractivity contribution in [2.24, 2.45) is 0 Å². The average molecular weight is 344 g/mol. The van der Waals surface area contributed by atoms with Gasteiger partial charge in [-0.2, -0.15) is 0 Å². The molecule has 25 heavy (non-hydrogen) atoms. The van der Waals surface area contributed by atoms with E-state index in [1.807, 2.05) is 32.9 Å². The maximum atomic E-state index is 12.7. The first-order valence-electron chi connectivity index (χ1n) is 8.62. The predicted molar refractivity (Wildman–Crippen MR) is 92.7 cm³/mol.